The lowest BCUT2D eigenvalue weighted by Crippen LogP contribution is -2.67. The number of hydrogen-bond donors (Lipinski definition) is 1. The number of hydrogen-bond acceptors (Lipinski definition) is 8. The molecule has 0 radical (unpaired) electrons. The van der Waals surface area contributed by atoms with Gasteiger partial charge in [-0.15, -0.1) is 0 Å². The number of alkyl halides is 6. The van der Waals surface area contributed by atoms with Crippen LogP contribution in [0.15, 0.2) is 36.7 Å². The van der Waals surface area contributed by atoms with Gasteiger partial charge in [0.05, 0.1) is 55.7 Å². The quantitative estimate of drug-likeness (QED) is 0.334. The Bertz CT molecular complexity index is 1930. The number of halogens is 6. The molecule has 1 aromatic carbocycles. The Morgan fingerprint density at radius 2 is 1.55 bits per heavy atom. The van der Waals surface area contributed by atoms with E-state index in [4.69, 9.17) is 14.2 Å². The van der Waals surface area contributed by atoms with Crippen LogP contribution in [0, 0.1) is 28.1 Å². The largest absolute Gasteiger partial charge is 0.416 e. The molecule has 19 heteroatoms. The molecular formula is C41H50F6N6O7. The highest BCUT2D eigenvalue weighted by Crippen LogP contribution is 2.60. The molecule has 0 bridgehead atoms. The monoisotopic (exact) mass is 852 g/mol. The maximum atomic E-state index is 14.6. The van der Waals surface area contributed by atoms with Crippen LogP contribution in [0.5, 0.6) is 0 Å². The number of carbonyl (C=O) groups excluding carboxylic acids is 4. The number of piperidine rings is 1. The molecule has 2 aromatic rings. The summed E-state index contributed by atoms with van der Waals surface area (Å²) < 4.78 is 99.9. The van der Waals surface area contributed by atoms with Gasteiger partial charge in [0, 0.05) is 69.5 Å². The van der Waals surface area contributed by atoms with E-state index in [2.05, 4.69) is 10.4 Å². The minimum absolute atomic E-state index is 0.0460. The van der Waals surface area contributed by atoms with Gasteiger partial charge in [-0.2, -0.15) is 31.4 Å². The molecule has 60 heavy (non-hydrogen) atoms. The third-order valence-electron chi connectivity index (χ3n) is 13.7. The molecule has 6 heterocycles. The number of amides is 4. The van der Waals surface area contributed by atoms with Crippen LogP contribution in [0.1, 0.15) is 66.9 Å². The number of ether oxygens (including phenoxy) is 3. The molecule has 4 amide bonds. The number of likely N-dealkylation sites (tertiary alicyclic amines) is 3. The Hall–Kier alpha value is -4.23. The maximum Gasteiger partial charge on any atom is 0.416 e. The van der Waals surface area contributed by atoms with E-state index in [-0.39, 0.29) is 68.4 Å². The fraction of sp³-hybridized carbons (Fsp3) is 0.683. The number of benzene rings is 1. The van der Waals surface area contributed by atoms with Crippen molar-refractivity contribution in [3.05, 3.63) is 53.3 Å². The Balaban J connectivity index is 1.00. The molecule has 0 unspecified atom stereocenters. The van der Waals surface area contributed by atoms with Crippen molar-refractivity contribution in [2.24, 2.45) is 28.1 Å². The third-order valence-corrected chi connectivity index (χ3v) is 13.7. The van der Waals surface area contributed by atoms with Crippen LogP contribution in [0.3, 0.4) is 0 Å². The van der Waals surface area contributed by atoms with E-state index < -0.39 is 64.5 Å². The van der Waals surface area contributed by atoms with Crippen molar-refractivity contribution in [1.82, 2.24) is 29.8 Å². The zero-order chi connectivity index (χ0) is 42.7. The summed E-state index contributed by atoms with van der Waals surface area (Å²) >= 11 is 0. The first-order valence-corrected chi connectivity index (χ1v) is 20.6. The van der Waals surface area contributed by atoms with Crippen LogP contribution in [0.2, 0.25) is 0 Å². The van der Waals surface area contributed by atoms with Crippen molar-refractivity contribution in [3.8, 4) is 0 Å². The summed E-state index contributed by atoms with van der Waals surface area (Å²) in [5.41, 5.74) is -3.68. The number of aromatic nitrogens is 2. The molecule has 2 spiro atoms. The second-order valence-electron chi connectivity index (χ2n) is 17.9. The topological polar surface area (TPSA) is 136 Å². The molecule has 1 saturated carbocycles. The molecule has 1 aromatic heterocycles. The second kappa shape index (κ2) is 15.9. The highest BCUT2D eigenvalue weighted by atomic mass is 19.4. The summed E-state index contributed by atoms with van der Waals surface area (Å²) in [5.74, 6) is -3.24. The highest BCUT2D eigenvalue weighted by Gasteiger charge is 2.71. The van der Waals surface area contributed by atoms with Crippen LogP contribution in [-0.4, -0.2) is 139 Å². The summed E-state index contributed by atoms with van der Waals surface area (Å²) in [6.07, 6.45) is -4.78. The predicted octanol–water partition coefficient (Wildman–Crippen LogP) is 4.15. The van der Waals surface area contributed by atoms with Crippen molar-refractivity contribution in [2.75, 3.05) is 72.3 Å². The van der Waals surface area contributed by atoms with Gasteiger partial charge in [-0.3, -0.25) is 23.9 Å². The lowest BCUT2D eigenvalue weighted by atomic mass is 9.70. The van der Waals surface area contributed by atoms with Gasteiger partial charge < -0.3 is 34.2 Å². The van der Waals surface area contributed by atoms with Crippen LogP contribution in [-0.2, 0) is 41.3 Å². The van der Waals surface area contributed by atoms with E-state index in [1.807, 2.05) is 0 Å². The van der Waals surface area contributed by atoms with Crippen molar-refractivity contribution in [2.45, 2.75) is 76.5 Å². The predicted molar refractivity (Wildman–Crippen MR) is 199 cm³/mol. The Kier molecular flexibility index (Phi) is 11.3. The Morgan fingerprint density at radius 1 is 0.900 bits per heavy atom. The zero-order valence-corrected chi connectivity index (χ0v) is 33.4. The molecule has 1 N–H and O–H groups in total. The van der Waals surface area contributed by atoms with Crippen molar-refractivity contribution < 1.29 is 59.7 Å². The fourth-order valence-corrected chi connectivity index (χ4v) is 9.45. The summed E-state index contributed by atoms with van der Waals surface area (Å²) in [7, 11) is 0. The van der Waals surface area contributed by atoms with E-state index in [1.54, 1.807) is 11.8 Å². The lowest BCUT2D eigenvalue weighted by Gasteiger charge is -2.51. The van der Waals surface area contributed by atoms with E-state index in [0.717, 1.165) is 42.7 Å². The molecule has 13 nitrogen and oxygen atoms in total. The van der Waals surface area contributed by atoms with Gasteiger partial charge in [-0.1, -0.05) is 12.1 Å². The first kappa shape index (κ1) is 42.5. The normalized spacial score (nSPS) is 24.4. The summed E-state index contributed by atoms with van der Waals surface area (Å²) in [4.78, 5) is 60.5. The molecule has 5 aliphatic heterocycles. The van der Waals surface area contributed by atoms with E-state index >= 15 is 0 Å². The van der Waals surface area contributed by atoms with Crippen LogP contribution in [0.4, 0.5) is 26.3 Å². The van der Waals surface area contributed by atoms with E-state index in [0.29, 0.717) is 51.7 Å². The summed E-state index contributed by atoms with van der Waals surface area (Å²) in [5, 5.41) is 7.18. The SMILES string of the molecule is C[C@@H](OCC1CCOCC1)[C@H](NC(=O)[C@@H]1CN(C(=O)c2cnn(Cc3ccc(C(F)(F)F)cc3)c2)CC12CN(C(=O)C1(C(F)(F)F)CC1)C2)C(=O)N1CCC2(CC1)COC2. The van der Waals surface area contributed by atoms with Gasteiger partial charge in [0.15, 0.2) is 0 Å². The number of rotatable bonds is 11. The minimum Gasteiger partial charge on any atom is -0.381 e. The van der Waals surface area contributed by atoms with Gasteiger partial charge >= 0.3 is 12.4 Å². The average molecular weight is 853 g/mol. The van der Waals surface area contributed by atoms with Crippen LogP contribution < -0.4 is 5.32 Å². The maximum absolute atomic E-state index is 14.6. The summed E-state index contributed by atoms with van der Waals surface area (Å²) in [6, 6.07) is 3.43. The molecular weight excluding hydrogens is 802 g/mol. The van der Waals surface area contributed by atoms with Crippen LogP contribution in [0.25, 0.3) is 0 Å². The molecule has 328 valence electrons. The number of carbonyl (C=O) groups is 4. The Labute approximate surface area is 343 Å². The van der Waals surface area contributed by atoms with E-state index in [1.165, 1.54) is 34.1 Å². The average Bonchev–Trinajstić information content (AvgIpc) is 3.74. The molecule has 3 atom stereocenters. The molecule has 8 rings (SSSR count). The minimum atomic E-state index is -4.73. The first-order valence-electron chi connectivity index (χ1n) is 20.6. The third kappa shape index (κ3) is 8.24. The van der Waals surface area contributed by atoms with Crippen molar-refractivity contribution in [3.63, 3.8) is 0 Å². The standard InChI is InChI=1S/C41H50F6N6O7/c1-26(60-20-28-6-14-58-15-7-28)32(35(56)50-12-10-37(11-13-50)24-59-25-37)49-33(54)31-19-51(21-38(31)22-52(23-38)36(57)39(8-9-39)41(45,46)47)34(55)29-16-48-53(18-29)17-27-2-4-30(5-3-27)40(42,43)44/h2-5,16,18,26,28,31-32H,6-15,17,19-25H2,1H3,(H,49,54)/t26-,31+,32+/m1/s1. The van der Waals surface area contributed by atoms with Gasteiger partial charge in [0.2, 0.25) is 17.7 Å². The van der Waals surface area contributed by atoms with Gasteiger partial charge in [0.1, 0.15) is 11.5 Å². The zero-order valence-electron chi connectivity index (χ0n) is 33.4. The number of nitrogens with one attached hydrogen (secondary N) is 1. The lowest BCUT2D eigenvalue weighted by molar-refractivity contribution is -0.205. The summed E-state index contributed by atoms with van der Waals surface area (Å²) in [6.45, 7) is 4.99. The van der Waals surface area contributed by atoms with Crippen molar-refractivity contribution in [1.29, 1.82) is 0 Å². The first-order chi connectivity index (χ1) is 28.4. The van der Waals surface area contributed by atoms with E-state index in [9.17, 15) is 45.5 Å². The van der Waals surface area contributed by atoms with Gasteiger partial charge in [-0.05, 0) is 69.1 Å². The Morgan fingerprint density at radius 3 is 2.13 bits per heavy atom. The van der Waals surface area contributed by atoms with Crippen molar-refractivity contribution >= 4 is 23.6 Å². The molecule has 6 fully saturated rings. The smallest absolute Gasteiger partial charge is 0.381 e. The van der Waals surface area contributed by atoms with Crippen LogP contribution >= 0.6 is 0 Å². The molecule has 1 aliphatic carbocycles. The molecule has 6 aliphatic rings. The fourth-order valence-electron chi connectivity index (χ4n) is 9.45. The highest BCUT2D eigenvalue weighted by molar-refractivity contribution is 5.96. The van der Waals surface area contributed by atoms with Gasteiger partial charge in [0.25, 0.3) is 5.91 Å². The number of nitrogens with zero attached hydrogens (tertiary/aromatic N) is 5. The second-order valence-corrected chi connectivity index (χ2v) is 17.9. The van der Waals surface area contributed by atoms with Gasteiger partial charge in [-0.25, -0.2) is 0 Å². The molecule has 5 saturated heterocycles.